The van der Waals surface area contributed by atoms with Gasteiger partial charge in [-0.3, -0.25) is 9.78 Å². The van der Waals surface area contributed by atoms with Crippen LogP contribution in [0.15, 0.2) is 42.7 Å². The average Bonchev–Trinajstić information content (AvgIpc) is 2.72. The second-order valence-electron chi connectivity index (χ2n) is 7.80. The molecule has 1 aromatic heterocycles. The van der Waals surface area contributed by atoms with Crippen molar-refractivity contribution in [2.75, 3.05) is 19.6 Å². The van der Waals surface area contributed by atoms with Crippen LogP contribution in [0.4, 0.5) is 0 Å². The smallest absolute Gasteiger partial charge is 0.242 e. The van der Waals surface area contributed by atoms with Crippen LogP contribution in [0.5, 0.6) is 0 Å². The molecule has 2 heterocycles. The largest absolute Gasteiger partial charge is 0.350 e. The number of benzene rings is 1. The molecule has 0 radical (unpaired) electrons. The van der Waals surface area contributed by atoms with Gasteiger partial charge in [-0.25, -0.2) is 0 Å². The minimum atomic E-state index is -0.329. The first-order chi connectivity index (χ1) is 13.6. The van der Waals surface area contributed by atoms with Crippen LogP contribution in [0.25, 0.3) is 0 Å². The van der Waals surface area contributed by atoms with E-state index < -0.39 is 0 Å². The van der Waals surface area contributed by atoms with E-state index in [1.165, 1.54) is 18.4 Å². The Kier molecular flexibility index (Phi) is 7.57. The summed E-state index contributed by atoms with van der Waals surface area (Å²) in [4.78, 5) is 17.1. The molecule has 3 N–H and O–H groups in total. The van der Waals surface area contributed by atoms with Gasteiger partial charge in [-0.05, 0) is 87.5 Å². The van der Waals surface area contributed by atoms with Crippen LogP contribution in [-0.2, 0) is 11.3 Å². The first kappa shape index (κ1) is 20.5. The Labute approximate surface area is 168 Å². The molecule has 0 saturated carbocycles. The Balaban J connectivity index is 1.65. The van der Waals surface area contributed by atoms with E-state index in [0.717, 1.165) is 48.7 Å². The van der Waals surface area contributed by atoms with E-state index in [-0.39, 0.29) is 11.9 Å². The SMILES string of the molecule is Cc1ccc(C(NCCC2CCNCC2)C(=O)NCc2ccncc2)c(C)c1. The zero-order valence-electron chi connectivity index (χ0n) is 17.0. The van der Waals surface area contributed by atoms with Gasteiger partial charge in [-0.15, -0.1) is 0 Å². The Morgan fingerprint density at radius 1 is 1.18 bits per heavy atom. The predicted molar refractivity (Wildman–Crippen MR) is 113 cm³/mol. The summed E-state index contributed by atoms with van der Waals surface area (Å²) in [7, 11) is 0. The second-order valence-corrected chi connectivity index (χ2v) is 7.80. The van der Waals surface area contributed by atoms with Crippen molar-refractivity contribution in [2.45, 2.75) is 45.7 Å². The van der Waals surface area contributed by atoms with Crippen LogP contribution in [0.2, 0.25) is 0 Å². The number of piperidine rings is 1. The monoisotopic (exact) mass is 380 g/mol. The highest BCUT2D eigenvalue weighted by Crippen LogP contribution is 2.21. The molecule has 5 heteroatoms. The molecule has 0 bridgehead atoms. The molecule has 1 amide bonds. The van der Waals surface area contributed by atoms with Gasteiger partial charge in [-0.2, -0.15) is 0 Å². The summed E-state index contributed by atoms with van der Waals surface area (Å²) in [6.45, 7) is 7.75. The molecule has 150 valence electrons. The van der Waals surface area contributed by atoms with Gasteiger partial charge >= 0.3 is 0 Å². The first-order valence-electron chi connectivity index (χ1n) is 10.3. The molecule has 0 spiro atoms. The van der Waals surface area contributed by atoms with Crippen molar-refractivity contribution in [3.05, 3.63) is 65.0 Å². The number of aryl methyl sites for hydroxylation is 2. The van der Waals surface area contributed by atoms with Gasteiger partial charge in [0.1, 0.15) is 6.04 Å². The van der Waals surface area contributed by atoms with E-state index in [9.17, 15) is 4.79 Å². The highest BCUT2D eigenvalue weighted by atomic mass is 16.2. The summed E-state index contributed by atoms with van der Waals surface area (Å²) in [5, 5.41) is 10.0. The number of hydrogen-bond donors (Lipinski definition) is 3. The number of rotatable bonds is 8. The first-order valence-corrected chi connectivity index (χ1v) is 10.3. The molecule has 1 atom stereocenters. The number of carbonyl (C=O) groups is 1. The van der Waals surface area contributed by atoms with Crippen molar-refractivity contribution >= 4 is 5.91 Å². The standard InChI is InChI=1S/C23H32N4O/c1-17-3-4-21(18(2)15-17)22(26-14-9-19-5-10-24-11-6-19)23(28)27-16-20-7-12-25-13-8-20/h3-4,7-8,12-13,15,19,22,24,26H,5-6,9-11,14,16H2,1-2H3,(H,27,28). The Bertz CT molecular complexity index is 756. The number of hydrogen-bond acceptors (Lipinski definition) is 4. The minimum Gasteiger partial charge on any atom is -0.350 e. The lowest BCUT2D eigenvalue weighted by atomic mass is 9.94. The lowest BCUT2D eigenvalue weighted by Gasteiger charge is -2.25. The summed E-state index contributed by atoms with van der Waals surface area (Å²) in [5.74, 6) is 0.766. The molecule has 1 aromatic carbocycles. The molecule has 1 aliphatic heterocycles. The van der Waals surface area contributed by atoms with Crippen LogP contribution < -0.4 is 16.0 Å². The third-order valence-electron chi connectivity index (χ3n) is 5.57. The molecule has 3 rings (SSSR count). The normalized spacial score (nSPS) is 15.9. The number of nitrogens with one attached hydrogen (secondary N) is 3. The summed E-state index contributed by atoms with van der Waals surface area (Å²) in [6.07, 6.45) is 7.07. The topological polar surface area (TPSA) is 66.0 Å². The number of amides is 1. The number of aromatic nitrogens is 1. The van der Waals surface area contributed by atoms with Gasteiger partial charge < -0.3 is 16.0 Å². The van der Waals surface area contributed by atoms with E-state index in [4.69, 9.17) is 0 Å². The Morgan fingerprint density at radius 3 is 2.64 bits per heavy atom. The van der Waals surface area contributed by atoms with Crippen LogP contribution in [0, 0.1) is 19.8 Å². The second kappa shape index (κ2) is 10.3. The third kappa shape index (κ3) is 5.88. The van der Waals surface area contributed by atoms with E-state index in [1.54, 1.807) is 12.4 Å². The highest BCUT2D eigenvalue weighted by Gasteiger charge is 2.22. The zero-order valence-corrected chi connectivity index (χ0v) is 17.0. The van der Waals surface area contributed by atoms with Crippen molar-refractivity contribution in [1.29, 1.82) is 0 Å². The maximum Gasteiger partial charge on any atom is 0.242 e. The van der Waals surface area contributed by atoms with E-state index in [2.05, 4.69) is 53.0 Å². The average molecular weight is 381 g/mol. The molecular weight excluding hydrogens is 348 g/mol. The number of pyridine rings is 1. The van der Waals surface area contributed by atoms with E-state index >= 15 is 0 Å². The molecule has 1 unspecified atom stereocenters. The Morgan fingerprint density at radius 2 is 1.93 bits per heavy atom. The number of nitrogens with zero attached hydrogens (tertiary/aromatic N) is 1. The fourth-order valence-corrected chi connectivity index (χ4v) is 3.89. The Hall–Kier alpha value is -2.24. The summed E-state index contributed by atoms with van der Waals surface area (Å²) >= 11 is 0. The van der Waals surface area contributed by atoms with E-state index in [0.29, 0.717) is 6.54 Å². The highest BCUT2D eigenvalue weighted by molar-refractivity contribution is 5.83. The molecule has 28 heavy (non-hydrogen) atoms. The van der Waals surface area contributed by atoms with Crippen LogP contribution >= 0.6 is 0 Å². The maximum atomic E-state index is 13.0. The van der Waals surface area contributed by atoms with Crippen molar-refractivity contribution in [3.8, 4) is 0 Å². The molecule has 1 fully saturated rings. The van der Waals surface area contributed by atoms with Gasteiger partial charge in [-0.1, -0.05) is 23.8 Å². The molecule has 0 aliphatic carbocycles. The summed E-state index contributed by atoms with van der Waals surface area (Å²) < 4.78 is 0. The van der Waals surface area contributed by atoms with Gasteiger partial charge in [0.05, 0.1) is 0 Å². The van der Waals surface area contributed by atoms with E-state index in [1.807, 2.05) is 12.1 Å². The van der Waals surface area contributed by atoms with Gasteiger partial charge in [0.2, 0.25) is 5.91 Å². The lowest BCUT2D eigenvalue weighted by Crippen LogP contribution is -2.39. The molecule has 1 aliphatic rings. The van der Waals surface area contributed by atoms with Gasteiger partial charge in [0.25, 0.3) is 0 Å². The fourth-order valence-electron chi connectivity index (χ4n) is 3.89. The molecule has 2 aromatic rings. The lowest BCUT2D eigenvalue weighted by molar-refractivity contribution is -0.123. The number of carbonyl (C=O) groups excluding carboxylic acids is 1. The minimum absolute atomic E-state index is 0.0223. The van der Waals surface area contributed by atoms with Crippen molar-refractivity contribution in [3.63, 3.8) is 0 Å². The van der Waals surface area contributed by atoms with Crippen LogP contribution in [-0.4, -0.2) is 30.5 Å². The molecule has 5 nitrogen and oxygen atoms in total. The summed E-state index contributed by atoms with van der Waals surface area (Å²) in [6, 6.07) is 9.84. The maximum absolute atomic E-state index is 13.0. The van der Waals surface area contributed by atoms with Crippen LogP contribution in [0.1, 0.15) is 47.6 Å². The van der Waals surface area contributed by atoms with Crippen molar-refractivity contribution < 1.29 is 4.79 Å². The third-order valence-corrected chi connectivity index (χ3v) is 5.57. The summed E-state index contributed by atoms with van der Waals surface area (Å²) in [5.41, 5.74) is 4.48. The fraction of sp³-hybridized carbons (Fsp3) is 0.478. The quantitative estimate of drug-likeness (QED) is 0.659. The molecule has 1 saturated heterocycles. The van der Waals surface area contributed by atoms with Gasteiger partial charge in [0.15, 0.2) is 0 Å². The van der Waals surface area contributed by atoms with Crippen molar-refractivity contribution in [2.24, 2.45) is 5.92 Å². The van der Waals surface area contributed by atoms with Gasteiger partial charge in [0, 0.05) is 18.9 Å². The predicted octanol–water partition coefficient (Wildman–Crippen LogP) is 3.04. The molecular formula is C23H32N4O. The van der Waals surface area contributed by atoms with Crippen LogP contribution in [0.3, 0.4) is 0 Å². The van der Waals surface area contributed by atoms with Crippen molar-refractivity contribution in [1.82, 2.24) is 20.9 Å². The zero-order chi connectivity index (χ0) is 19.8.